The zero-order valence-electron chi connectivity index (χ0n) is 14.0. The highest BCUT2D eigenvalue weighted by Gasteiger charge is 2.20. The van der Waals surface area contributed by atoms with Crippen molar-refractivity contribution in [3.63, 3.8) is 0 Å². The Morgan fingerprint density at radius 3 is 2.50 bits per heavy atom. The van der Waals surface area contributed by atoms with E-state index < -0.39 is 16.0 Å². The maximum atomic E-state index is 12.5. The summed E-state index contributed by atoms with van der Waals surface area (Å²) >= 11 is 1.11. The van der Waals surface area contributed by atoms with Crippen LogP contribution < -0.4 is 4.72 Å². The zero-order valence-corrected chi connectivity index (χ0v) is 15.6. The number of sulfonamides is 1. The molecule has 1 aromatic heterocycles. The van der Waals surface area contributed by atoms with Crippen molar-refractivity contribution in [2.75, 3.05) is 4.72 Å². The van der Waals surface area contributed by atoms with Crippen LogP contribution in [0.25, 0.3) is 0 Å². The maximum Gasteiger partial charge on any atom is 0.340 e. The number of carbonyl (C=O) groups is 1. The highest BCUT2D eigenvalue weighted by molar-refractivity contribution is 7.94. The summed E-state index contributed by atoms with van der Waals surface area (Å²) in [6, 6.07) is 17.2. The first-order valence-electron chi connectivity index (χ1n) is 7.84. The van der Waals surface area contributed by atoms with Gasteiger partial charge in [-0.1, -0.05) is 42.5 Å². The monoisotopic (exact) mass is 387 g/mol. The van der Waals surface area contributed by atoms with Gasteiger partial charge in [0.05, 0.1) is 11.3 Å². The first-order chi connectivity index (χ1) is 12.5. The van der Waals surface area contributed by atoms with Gasteiger partial charge in [0.15, 0.2) is 0 Å². The van der Waals surface area contributed by atoms with Gasteiger partial charge in [0.2, 0.25) is 0 Å². The molecule has 0 aliphatic rings. The van der Waals surface area contributed by atoms with E-state index in [0.29, 0.717) is 0 Å². The number of esters is 1. The van der Waals surface area contributed by atoms with Gasteiger partial charge in [-0.2, -0.15) is 0 Å². The number of para-hydroxylation sites is 1. The van der Waals surface area contributed by atoms with Crippen molar-refractivity contribution < 1.29 is 17.9 Å². The number of aryl methyl sites for hydroxylation is 1. The number of carbonyl (C=O) groups excluding carboxylic acids is 1. The second-order valence-corrected chi connectivity index (χ2v) is 8.44. The number of thiophene rings is 1. The highest BCUT2D eigenvalue weighted by atomic mass is 32.2. The molecule has 7 heteroatoms. The van der Waals surface area contributed by atoms with Crippen molar-refractivity contribution in [1.29, 1.82) is 0 Å². The minimum Gasteiger partial charge on any atom is -0.457 e. The summed E-state index contributed by atoms with van der Waals surface area (Å²) in [5.41, 5.74) is 2.28. The number of hydrogen-bond donors (Lipinski definition) is 1. The lowest BCUT2D eigenvalue weighted by atomic mass is 10.1. The van der Waals surface area contributed by atoms with Crippen LogP contribution in [0.2, 0.25) is 0 Å². The lowest BCUT2D eigenvalue weighted by Crippen LogP contribution is -2.15. The maximum absolute atomic E-state index is 12.5. The normalized spacial score (nSPS) is 11.1. The van der Waals surface area contributed by atoms with Gasteiger partial charge in [-0.25, -0.2) is 13.2 Å². The van der Waals surface area contributed by atoms with E-state index in [0.717, 1.165) is 22.5 Å². The third-order valence-corrected chi connectivity index (χ3v) is 6.53. The number of nitrogens with one attached hydrogen (secondary N) is 1. The van der Waals surface area contributed by atoms with Crippen LogP contribution in [-0.4, -0.2) is 14.4 Å². The summed E-state index contributed by atoms with van der Waals surface area (Å²) in [7, 11) is -3.74. The SMILES string of the molecule is Cc1ccccc1COC(=O)c1ccccc1NS(=O)(=O)c1cccs1. The van der Waals surface area contributed by atoms with E-state index in [1.165, 1.54) is 18.2 Å². The second-order valence-electron chi connectivity index (χ2n) is 5.59. The Kier molecular flexibility index (Phi) is 5.39. The predicted molar refractivity (Wildman–Crippen MR) is 102 cm³/mol. The molecular formula is C19H17NO4S2. The van der Waals surface area contributed by atoms with Crippen LogP contribution in [0.4, 0.5) is 5.69 Å². The van der Waals surface area contributed by atoms with Crippen molar-refractivity contribution in [2.24, 2.45) is 0 Å². The van der Waals surface area contributed by atoms with Gasteiger partial charge in [0.1, 0.15) is 10.8 Å². The Bertz CT molecular complexity index is 1010. The molecule has 134 valence electrons. The number of hydrogen-bond acceptors (Lipinski definition) is 5. The molecule has 5 nitrogen and oxygen atoms in total. The molecule has 0 bridgehead atoms. The molecule has 1 N–H and O–H groups in total. The van der Waals surface area contributed by atoms with Gasteiger partial charge < -0.3 is 4.74 Å². The first kappa shape index (κ1) is 18.2. The molecule has 0 amide bonds. The summed E-state index contributed by atoms with van der Waals surface area (Å²) < 4.78 is 32.8. The zero-order chi connectivity index (χ0) is 18.6. The molecule has 0 atom stereocenters. The van der Waals surface area contributed by atoms with Crippen molar-refractivity contribution in [2.45, 2.75) is 17.7 Å². The summed E-state index contributed by atoms with van der Waals surface area (Å²) in [4.78, 5) is 12.5. The molecule has 3 aromatic rings. The lowest BCUT2D eigenvalue weighted by Gasteiger charge is -2.12. The fourth-order valence-corrected chi connectivity index (χ4v) is 4.43. The van der Waals surface area contributed by atoms with Crippen molar-refractivity contribution in [3.8, 4) is 0 Å². The number of anilines is 1. The Morgan fingerprint density at radius 2 is 1.77 bits per heavy atom. The van der Waals surface area contributed by atoms with E-state index in [1.807, 2.05) is 31.2 Å². The molecule has 0 spiro atoms. The van der Waals surface area contributed by atoms with Crippen LogP contribution in [0.3, 0.4) is 0 Å². The third kappa shape index (κ3) is 4.12. The van der Waals surface area contributed by atoms with Crippen LogP contribution >= 0.6 is 11.3 Å². The smallest absolute Gasteiger partial charge is 0.340 e. The third-order valence-electron chi connectivity index (χ3n) is 3.77. The van der Waals surface area contributed by atoms with E-state index in [-0.39, 0.29) is 22.1 Å². The molecule has 1 heterocycles. The van der Waals surface area contributed by atoms with E-state index in [1.54, 1.807) is 23.6 Å². The van der Waals surface area contributed by atoms with Crippen molar-refractivity contribution in [1.82, 2.24) is 0 Å². The molecule has 3 rings (SSSR count). The quantitative estimate of drug-likeness (QED) is 0.643. The Morgan fingerprint density at radius 1 is 1.04 bits per heavy atom. The lowest BCUT2D eigenvalue weighted by molar-refractivity contribution is 0.0473. The van der Waals surface area contributed by atoms with Gasteiger partial charge in [-0.3, -0.25) is 4.72 Å². The molecule has 0 unspecified atom stereocenters. The highest BCUT2D eigenvalue weighted by Crippen LogP contribution is 2.23. The topological polar surface area (TPSA) is 72.5 Å². The van der Waals surface area contributed by atoms with E-state index in [2.05, 4.69) is 4.72 Å². The average Bonchev–Trinajstić information content (AvgIpc) is 3.17. The van der Waals surface area contributed by atoms with Gasteiger partial charge in [0, 0.05) is 0 Å². The van der Waals surface area contributed by atoms with Crippen molar-refractivity contribution >= 4 is 33.0 Å². The minimum atomic E-state index is -3.74. The molecule has 0 aliphatic heterocycles. The predicted octanol–water partition coefficient (Wildman–Crippen LogP) is 4.21. The Hall–Kier alpha value is -2.64. The Labute approximate surface area is 156 Å². The average molecular weight is 387 g/mol. The standard InChI is InChI=1S/C19H17NO4S2/c1-14-7-2-3-8-15(14)13-24-19(21)16-9-4-5-10-17(16)20-26(22,23)18-11-6-12-25-18/h2-12,20H,13H2,1H3. The van der Waals surface area contributed by atoms with Gasteiger partial charge in [0.25, 0.3) is 10.0 Å². The number of rotatable bonds is 6. The van der Waals surface area contributed by atoms with Crippen LogP contribution in [0.15, 0.2) is 70.3 Å². The second kappa shape index (κ2) is 7.72. The van der Waals surface area contributed by atoms with Gasteiger partial charge in [-0.15, -0.1) is 11.3 Å². The number of benzene rings is 2. The van der Waals surface area contributed by atoms with Crippen LogP contribution in [0.1, 0.15) is 21.5 Å². The molecule has 0 saturated carbocycles. The molecule has 26 heavy (non-hydrogen) atoms. The van der Waals surface area contributed by atoms with Gasteiger partial charge in [-0.05, 0) is 41.6 Å². The summed E-state index contributed by atoms with van der Waals surface area (Å²) in [5, 5.41) is 1.68. The largest absolute Gasteiger partial charge is 0.457 e. The van der Waals surface area contributed by atoms with Crippen LogP contribution in [0, 0.1) is 6.92 Å². The van der Waals surface area contributed by atoms with Gasteiger partial charge >= 0.3 is 5.97 Å². The fourth-order valence-electron chi connectivity index (χ4n) is 2.35. The number of ether oxygens (including phenoxy) is 1. The summed E-state index contributed by atoms with van der Waals surface area (Å²) in [6.07, 6.45) is 0. The Balaban J connectivity index is 1.78. The minimum absolute atomic E-state index is 0.123. The van der Waals surface area contributed by atoms with Crippen molar-refractivity contribution in [3.05, 3.63) is 82.7 Å². The molecule has 0 radical (unpaired) electrons. The molecule has 2 aromatic carbocycles. The summed E-state index contributed by atoms with van der Waals surface area (Å²) in [5.74, 6) is -0.585. The van der Waals surface area contributed by atoms with E-state index >= 15 is 0 Å². The molecular weight excluding hydrogens is 370 g/mol. The summed E-state index contributed by atoms with van der Waals surface area (Å²) in [6.45, 7) is 2.06. The van der Waals surface area contributed by atoms with E-state index in [9.17, 15) is 13.2 Å². The van der Waals surface area contributed by atoms with Crippen LogP contribution in [-0.2, 0) is 21.4 Å². The van der Waals surface area contributed by atoms with Crippen LogP contribution in [0.5, 0.6) is 0 Å². The molecule has 0 saturated heterocycles. The molecule has 0 aliphatic carbocycles. The fraction of sp³-hybridized carbons (Fsp3) is 0.105. The van der Waals surface area contributed by atoms with E-state index in [4.69, 9.17) is 4.74 Å². The molecule has 0 fully saturated rings. The first-order valence-corrected chi connectivity index (χ1v) is 10.2.